The number of hydrogen-bond donors (Lipinski definition) is 1. The molecule has 0 saturated heterocycles. The van der Waals surface area contributed by atoms with Crippen molar-refractivity contribution in [1.82, 2.24) is 5.32 Å². The van der Waals surface area contributed by atoms with E-state index in [0.29, 0.717) is 31.4 Å². The van der Waals surface area contributed by atoms with Gasteiger partial charge in [0.05, 0.1) is 13.2 Å². The Kier molecular flexibility index (Phi) is 4.29. The summed E-state index contributed by atoms with van der Waals surface area (Å²) in [7, 11) is 1.67. The Morgan fingerprint density at radius 2 is 2.24 bits per heavy atom. The first-order valence-electron chi connectivity index (χ1n) is 7.50. The third kappa shape index (κ3) is 3.47. The predicted octanol–water partition coefficient (Wildman–Crippen LogP) is 1.93. The normalized spacial score (nSPS) is 16.2. The van der Waals surface area contributed by atoms with Gasteiger partial charge in [0, 0.05) is 43.7 Å². The third-order valence-corrected chi connectivity index (χ3v) is 3.70. The number of benzene rings is 1. The lowest BCUT2D eigenvalue weighted by atomic mass is 10.1. The molecule has 2 aliphatic rings. The second-order valence-corrected chi connectivity index (χ2v) is 5.49. The summed E-state index contributed by atoms with van der Waals surface area (Å²) in [5.41, 5.74) is 1.68. The maximum absolute atomic E-state index is 12.2. The van der Waals surface area contributed by atoms with Crippen LogP contribution in [0.15, 0.2) is 12.1 Å². The summed E-state index contributed by atoms with van der Waals surface area (Å²) in [6, 6.07) is 4.00. The van der Waals surface area contributed by atoms with Gasteiger partial charge in [-0.3, -0.25) is 4.79 Å². The van der Waals surface area contributed by atoms with Gasteiger partial charge < -0.3 is 19.5 Å². The van der Waals surface area contributed by atoms with Crippen LogP contribution in [0.4, 0.5) is 0 Å². The van der Waals surface area contributed by atoms with E-state index in [4.69, 9.17) is 14.2 Å². The molecule has 1 aromatic carbocycles. The average molecular weight is 291 g/mol. The molecule has 5 nitrogen and oxygen atoms in total. The van der Waals surface area contributed by atoms with Gasteiger partial charge in [-0.1, -0.05) is 0 Å². The molecule has 0 unspecified atom stereocenters. The Labute approximate surface area is 124 Å². The second kappa shape index (κ2) is 6.35. The summed E-state index contributed by atoms with van der Waals surface area (Å²) >= 11 is 0. The van der Waals surface area contributed by atoms with Gasteiger partial charge in [-0.25, -0.2) is 0 Å². The van der Waals surface area contributed by atoms with Gasteiger partial charge in [-0.15, -0.1) is 0 Å². The maximum Gasteiger partial charge on any atom is 0.251 e. The monoisotopic (exact) mass is 291 g/mol. The lowest BCUT2D eigenvalue weighted by Gasteiger charge is -2.12. The lowest BCUT2D eigenvalue weighted by Crippen LogP contribution is -2.25. The lowest BCUT2D eigenvalue weighted by molar-refractivity contribution is 0.0950. The molecule has 114 valence electrons. The first-order chi connectivity index (χ1) is 10.3. The molecule has 1 amide bonds. The van der Waals surface area contributed by atoms with Gasteiger partial charge in [0.25, 0.3) is 5.91 Å². The molecular weight excluding hydrogens is 270 g/mol. The van der Waals surface area contributed by atoms with Gasteiger partial charge in [-0.05, 0) is 25.0 Å². The van der Waals surface area contributed by atoms with Crippen LogP contribution in [0.1, 0.15) is 35.2 Å². The van der Waals surface area contributed by atoms with E-state index in [-0.39, 0.29) is 5.91 Å². The zero-order valence-corrected chi connectivity index (χ0v) is 12.3. The van der Waals surface area contributed by atoms with Crippen LogP contribution in [0, 0.1) is 0 Å². The molecule has 1 aliphatic heterocycles. The number of ether oxygens (including phenoxy) is 3. The maximum atomic E-state index is 12.2. The van der Waals surface area contributed by atoms with Crippen molar-refractivity contribution in [3.63, 3.8) is 0 Å². The van der Waals surface area contributed by atoms with Crippen LogP contribution >= 0.6 is 0 Å². The summed E-state index contributed by atoms with van der Waals surface area (Å²) in [6.07, 6.45) is 3.81. The number of nitrogens with one attached hydrogen (secondary N) is 1. The molecule has 0 aromatic heterocycles. The highest BCUT2D eigenvalue weighted by atomic mass is 16.5. The fraction of sp³-hybridized carbons (Fsp3) is 0.562. The molecule has 1 aromatic rings. The molecule has 1 saturated carbocycles. The largest absolute Gasteiger partial charge is 0.493 e. The Morgan fingerprint density at radius 3 is 3.00 bits per heavy atom. The molecule has 0 spiro atoms. The summed E-state index contributed by atoms with van der Waals surface area (Å²) in [5.74, 6) is 1.50. The molecule has 3 rings (SSSR count). The Hall–Kier alpha value is -1.75. The summed E-state index contributed by atoms with van der Waals surface area (Å²) in [6.45, 7) is 1.89. The number of rotatable bonds is 7. The van der Waals surface area contributed by atoms with Crippen molar-refractivity contribution >= 4 is 5.91 Å². The number of fused-ring (bicyclic) bond motifs is 1. The Balaban J connectivity index is 1.73. The highest BCUT2D eigenvalue weighted by Gasteiger charge is 2.26. The fourth-order valence-corrected chi connectivity index (χ4v) is 2.40. The summed E-state index contributed by atoms with van der Waals surface area (Å²) in [5, 5.41) is 2.99. The standard InChI is InChI=1S/C16H21NO4/c1-19-6-2-7-20-14-9-11(16(18)17-12-3-4-12)10-15-13(14)5-8-21-15/h9-10,12H,2-8H2,1H3,(H,17,18). The van der Waals surface area contributed by atoms with Gasteiger partial charge in [0.15, 0.2) is 0 Å². The van der Waals surface area contributed by atoms with Crippen LogP contribution in [0.25, 0.3) is 0 Å². The minimum Gasteiger partial charge on any atom is -0.493 e. The van der Waals surface area contributed by atoms with Gasteiger partial charge in [0.2, 0.25) is 0 Å². The van der Waals surface area contributed by atoms with Crippen molar-refractivity contribution in [2.24, 2.45) is 0 Å². The second-order valence-electron chi connectivity index (χ2n) is 5.49. The molecule has 1 aliphatic carbocycles. The van der Waals surface area contributed by atoms with E-state index in [0.717, 1.165) is 42.7 Å². The van der Waals surface area contributed by atoms with Crippen molar-refractivity contribution in [1.29, 1.82) is 0 Å². The van der Waals surface area contributed by atoms with Gasteiger partial charge in [-0.2, -0.15) is 0 Å². The number of carbonyl (C=O) groups excluding carboxylic acids is 1. The van der Waals surface area contributed by atoms with Crippen molar-refractivity contribution < 1.29 is 19.0 Å². The highest BCUT2D eigenvalue weighted by Crippen LogP contribution is 2.35. The first kappa shape index (κ1) is 14.2. The molecule has 1 fully saturated rings. The molecule has 0 atom stereocenters. The summed E-state index contributed by atoms with van der Waals surface area (Å²) < 4.78 is 16.4. The van der Waals surface area contributed by atoms with Crippen molar-refractivity contribution in [2.75, 3.05) is 26.9 Å². The number of amides is 1. The zero-order valence-electron chi connectivity index (χ0n) is 12.3. The molecule has 1 heterocycles. The van der Waals surface area contributed by atoms with Crippen LogP contribution < -0.4 is 14.8 Å². The van der Waals surface area contributed by atoms with Crippen LogP contribution in [-0.2, 0) is 11.2 Å². The van der Waals surface area contributed by atoms with Crippen molar-refractivity contribution in [2.45, 2.75) is 31.7 Å². The minimum atomic E-state index is -0.0439. The van der Waals surface area contributed by atoms with Gasteiger partial charge >= 0.3 is 0 Å². The quantitative estimate of drug-likeness (QED) is 0.780. The highest BCUT2D eigenvalue weighted by molar-refractivity contribution is 5.95. The molecule has 0 bridgehead atoms. The molecule has 1 N–H and O–H groups in total. The molecular formula is C16H21NO4. The Bertz CT molecular complexity index is 525. The topological polar surface area (TPSA) is 56.8 Å². The average Bonchev–Trinajstić information content (AvgIpc) is 3.16. The molecule has 0 radical (unpaired) electrons. The van der Waals surface area contributed by atoms with E-state index in [1.54, 1.807) is 7.11 Å². The zero-order chi connectivity index (χ0) is 14.7. The van der Waals surface area contributed by atoms with E-state index < -0.39 is 0 Å². The van der Waals surface area contributed by atoms with Crippen LogP contribution in [0.2, 0.25) is 0 Å². The molecule has 21 heavy (non-hydrogen) atoms. The SMILES string of the molecule is COCCCOc1cc(C(=O)NC2CC2)cc2c1CCO2. The van der Waals surface area contributed by atoms with E-state index in [1.807, 2.05) is 12.1 Å². The predicted molar refractivity (Wildman–Crippen MR) is 78.1 cm³/mol. The fourth-order valence-electron chi connectivity index (χ4n) is 2.40. The van der Waals surface area contributed by atoms with Crippen molar-refractivity contribution in [3.8, 4) is 11.5 Å². The van der Waals surface area contributed by atoms with Crippen LogP contribution in [0.5, 0.6) is 11.5 Å². The van der Waals surface area contributed by atoms with Crippen LogP contribution in [-0.4, -0.2) is 38.9 Å². The van der Waals surface area contributed by atoms with E-state index in [9.17, 15) is 4.79 Å². The van der Waals surface area contributed by atoms with Crippen molar-refractivity contribution in [3.05, 3.63) is 23.3 Å². The number of carbonyl (C=O) groups is 1. The van der Waals surface area contributed by atoms with E-state index in [1.165, 1.54) is 0 Å². The molecule has 5 heteroatoms. The Morgan fingerprint density at radius 1 is 1.38 bits per heavy atom. The van der Waals surface area contributed by atoms with E-state index in [2.05, 4.69) is 5.32 Å². The number of methoxy groups -OCH3 is 1. The van der Waals surface area contributed by atoms with E-state index >= 15 is 0 Å². The van der Waals surface area contributed by atoms with Crippen LogP contribution in [0.3, 0.4) is 0 Å². The number of hydrogen-bond acceptors (Lipinski definition) is 4. The smallest absolute Gasteiger partial charge is 0.251 e. The van der Waals surface area contributed by atoms with Gasteiger partial charge in [0.1, 0.15) is 11.5 Å². The minimum absolute atomic E-state index is 0.0439. The summed E-state index contributed by atoms with van der Waals surface area (Å²) in [4.78, 5) is 12.2. The first-order valence-corrected chi connectivity index (χ1v) is 7.50. The third-order valence-electron chi connectivity index (χ3n) is 3.70.